The number of carboxylic acids is 1. The van der Waals surface area contributed by atoms with E-state index in [-0.39, 0.29) is 38.7 Å². The van der Waals surface area contributed by atoms with Gasteiger partial charge in [-0.25, -0.2) is 9.68 Å². The Morgan fingerprint density at radius 3 is 2.47 bits per heavy atom. The van der Waals surface area contributed by atoms with Gasteiger partial charge in [-0.1, -0.05) is 12.1 Å². The Balaban J connectivity index is 1.55. The number of methoxy groups -OCH3 is 1. The van der Waals surface area contributed by atoms with Gasteiger partial charge in [-0.05, 0) is 17.7 Å². The molecule has 1 aromatic rings. The first kappa shape index (κ1) is 29.8. The minimum absolute atomic E-state index is 0.0405. The lowest BCUT2D eigenvalue weighted by Crippen LogP contribution is -2.55. The Bertz CT molecular complexity index is 1010. The van der Waals surface area contributed by atoms with Crippen LogP contribution in [0, 0.1) is 5.41 Å². The zero-order chi connectivity index (χ0) is 28.1. The number of amides is 2. The predicted molar refractivity (Wildman–Crippen MR) is 125 cm³/mol. The summed E-state index contributed by atoms with van der Waals surface area (Å²) in [6.07, 6.45) is -5.39. The molecule has 2 aliphatic rings. The number of aliphatic carboxylic acids is 1. The summed E-state index contributed by atoms with van der Waals surface area (Å²) >= 11 is 0. The molecular weight excluding hydrogens is 510 g/mol. The lowest BCUT2D eigenvalue weighted by atomic mass is 9.85. The molecule has 38 heavy (non-hydrogen) atoms. The second-order valence-corrected chi connectivity index (χ2v) is 9.21. The number of carboxylic acid groups (broad SMARTS) is 1. The van der Waals surface area contributed by atoms with Crippen molar-refractivity contribution in [1.82, 2.24) is 16.0 Å². The van der Waals surface area contributed by atoms with Crippen LogP contribution < -0.4 is 16.0 Å². The third-order valence-electron chi connectivity index (χ3n) is 7.12. The average Bonchev–Trinajstić information content (AvgIpc) is 3.46. The summed E-state index contributed by atoms with van der Waals surface area (Å²) in [7, 11) is 1.06. The van der Waals surface area contributed by atoms with E-state index in [1.54, 1.807) is 24.3 Å². The number of carbonyl (C=O) groups excluding carboxylic acids is 2. The van der Waals surface area contributed by atoms with Crippen molar-refractivity contribution in [1.29, 1.82) is 0 Å². The molecule has 3 rings (SSSR count). The highest BCUT2D eigenvalue weighted by Crippen LogP contribution is 2.66. The lowest BCUT2D eigenvalue weighted by Gasteiger charge is -2.38. The summed E-state index contributed by atoms with van der Waals surface area (Å²) in [5.74, 6) is -4.69. The van der Waals surface area contributed by atoms with E-state index in [1.807, 2.05) is 0 Å². The number of hydrogen-bond acceptors (Lipinski definition) is 12. The highest BCUT2D eigenvalue weighted by molar-refractivity contribution is 5.94. The molecule has 1 saturated carbocycles. The van der Waals surface area contributed by atoms with Crippen LogP contribution in [-0.4, -0.2) is 118 Å². The van der Waals surface area contributed by atoms with Crippen molar-refractivity contribution in [2.24, 2.45) is 5.41 Å². The van der Waals surface area contributed by atoms with Crippen molar-refractivity contribution >= 4 is 17.8 Å². The zero-order valence-electron chi connectivity index (χ0n) is 20.6. The molecule has 0 radical (unpaired) electrons. The summed E-state index contributed by atoms with van der Waals surface area (Å²) in [4.78, 5) is 40.0. The summed E-state index contributed by atoms with van der Waals surface area (Å²) in [6, 6.07) is 6.56. The van der Waals surface area contributed by atoms with Gasteiger partial charge in [-0.15, -0.1) is 0 Å². The molecule has 0 bridgehead atoms. The average molecular weight is 544 g/mol. The Hall–Kier alpha value is -2.73. The Morgan fingerprint density at radius 2 is 1.89 bits per heavy atom. The van der Waals surface area contributed by atoms with E-state index >= 15 is 0 Å². The van der Waals surface area contributed by atoms with Crippen LogP contribution in [0.25, 0.3) is 0 Å². The maximum absolute atomic E-state index is 12.5. The third kappa shape index (κ3) is 5.38. The molecule has 1 aliphatic heterocycles. The van der Waals surface area contributed by atoms with Gasteiger partial charge in [-0.2, -0.15) is 0 Å². The van der Waals surface area contributed by atoms with Crippen LogP contribution in [0.3, 0.4) is 0 Å². The quantitative estimate of drug-likeness (QED) is 0.0638. The van der Waals surface area contributed by atoms with Crippen molar-refractivity contribution in [2.45, 2.75) is 42.7 Å². The Morgan fingerprint density at radius 1 is 1.21 bits per heavy atom. The van der Waals surface area contributed by atoms with Gasteiger partial charge in [0.05, 0.1) is 31.3 Å². The summed E-state index contributed by atoms with van der Waals surface area (Å²) in [5.41, 5.74) is -2.75. The summed E-state index contributed by atoms with van der Waals surface area (Å²) in [6.45, 7) is -1.07. The molecule has 0 aromatic heterocycles. The molecule has 0 spiro atoms. The number of rotatable bonds is 14. The standard InChI is InChI=1S/C23H33N3O12/c1-36-22(20(32)33)8-15(28)21(19(38-22)23(21,34)16(29)11-27)12-26-17(30)10-24-9-13-2-4-14(5-3-13)18(31)25-6-7-37-35/h2-5,15-16,19,24,27-29,34-35H,6-12H2,1H3,(H,25,31)(H,26,30)(H,32,33)/t15?,16-,19?,21-,22-,23?/m1/s1. The number of ether oxygens (including phenoxy) is 2. The maximum atomic E-state index is 12.5. The number of aliphatic hydroxyl groups is 4. The number of carbonyl (C=O) groups is 3. The second kappa shape index (κ2) is 12.0. The van der Waals surface area contributed by atoms with E-state index in [9.17, 15) is 39.9 Å². The van der Waals surface area contributed by atoms with Gasteiger partial charge in [0.25, 0.3) is 11.7 Å². The lowest BCUT2D eigenvalue weighted by molar-refractivity contribution is -0.273. The van der Waals surface area contributed by atoms with E-state index < -0.39 is 60.0 Å². The van der Waals surface area contributed by atoms with E-state index in [0.717, 1.165) is 12.7 Å². The second-order valence-electron chi connectivity index (χ2n) is 9.21. The van der Waals surface area contributed by atoms with Crippen LogP contribution in [0.1, 0.15) is 22.3 Å². The first-order valence-corrected chi connectivity index (χ1v) is 11.8. The van der Waals surface area contributed by atoms with Gasteiger partial charge >= 0.3 is 5.97 Å². The summed E-state index contributed by atoms with van der Waals surface area (Å²) in [5, 5.41) is 67.4. The van der Waals surface area contributed by atoms with Gasteiger partial charge < -0.3 is 51.0 Å². The summed E-state index contributed by atoms with van der Waals surface area (Å²) < 4.78 is 10.4. The van der Waals surface area contributed by atoms with Gasteiger partial charge in [0.1, 0.15) is 17.8 Å². The van der Waals surface area contributed by atoms with Gasteiger partial charge in [0.15, 0.2) is 0 Å². The smallest absolute Gasteiger partial charge is 0.364 e. The maximum Gasteiger partial charge on any atom is 0.364 e. The topological polar surface area (TPSA) is 236 Å². The third-order valence-corrected chi connectivity index (χ3v) is 7.12. The van der Waals surface area contributed by atoms with Crippen molar-refractivity contribution in [2.75, 3.05) is 40.0 Å². The Kier molecular flexibility index (Phi) is 9.40. The van der Waals surface area contributed by atoms with E-state index in [1.165, 1.54) is 0 Å². The minimum Gasteiger partial charge on any atom is -0.477 e. The van der Waals surface area contributed by atoms with E-state index in [2.05, 4.69) is 20.8 Å². The normalized spacial score (nSPS) is 30.7. The highest BCUT2D eigenvalue weighted by Gasteiger charge is 2.87. The molecule has 2 fully saturated rings. The van der Waals surface area contributed by atoms with Crippen LogP contribution in [0.2, 0.25) is 0 Å². The molecule has 3 unspecified atom stereocenters. The molecule has 1 saturated heterocycles. The first-order chi connectivity index (χ1) is 18.0. The van der Waals surface area contributed by atoms with Crippen LogP contribution in [0.15, 0.2) is 24.3 Å². The van der Waals surface area contributed by atoms with Gasteiger partial charge in [0.2, 0.25) is 5.91 Å². The number of aliphatic hydroxyl groups excluding tert-OH is 3. The van der Waals surface area contributed by atoms with Gasteiger partial charge in [-0.3, -0.25) is 14.8 Å². The molecule has 2 amide bonds. The first-order valence-electron chi connectivity index (χ1n) is 11.8. The molecule has 1 aliphatic carbocycles. The van der Waals surface area contributed by atoms with Crippen LogP contribution >= 0.6 is 0 Å². The predicted octanol–water partition coefficient (Wildman–Crippen LogP) is -3.23. The molecule has 212 valence electrons. The monoisotopic (exact) mass is 543 g/mol. The fraction of sp³-hybridized carbons (Fsp3) is 0.609. The van der Waals surface area contributed by atoms with Crippen LogP contribution in [-0.2, 0) is 30.5 Å². The Labute approximate surface area is 217 Å². The molecular formula is C23H33N3O12. The molecule has 1 aromatic carbocycles. The molecule has 1 heterocycles. The van der Waals surface area contributed by atoms with E-state index in [4.69, 9.17) is 14.7 Å². The van der Waals surface area contributed by atoms with Crippen molar-refractivity contribution < 1.29 is 59.5 Å². The number of fused-ring (bicyclic) bond motifs is 1. The highest BCUT2D eigenvalue weighted by atomic mass is 17.1. The SMILES string of the molecule is CO[C@]1(C(=O)O)CC(O)[C@]2(CNC(=O)CNCc3ccc(C(=O)NCCOO)cc3)C(O1)C2(O)[C@H](O)CO. The van der Waals surface area contributed by atoms with Crippen LogP contribution in [0.4, 0.5) is 0 Å². The zero-order valence-corrected chi connectivity index (χ0v) is 20.6. The number of benzene rings is 1. The number of nitrogens with one attached hydrogen (secondary N) is 3. The minimum atomic E-state index is -2.27. The van der Waals surface area contributed by atoms with Crippen LogP contribution in [0.5, 0.6) is 0 Å². The molecule has 9 N–H and O–H groups in total. The van der Waals surface area contributed by atoms with E-state index in [0.29, 0.717) is 5.56 Å². The number of hydrogen-bond donors (Lipinski definition) is 9. The van der Waals surface area contributed by atoms with Crippen molar-refractivity contribution in [3.05, 3.63) is 35.4 Å². The molecule has 6 atom stereocenters. The largest absolute Gasteiger partial charge is 0.477 e. The molecule has 15 nitrogen and oxygen atoms in total. The fourth-order valence-electron chi connectivity index (χ4n) is 4.89. The van der Waals surface area contributed by atoms with Gasteiger partial charge in [0, 0.05) is 38.7 Å². The van der Waals surface area contributed by atoms with Crippen molar-refractivity contribution in [3.8, 4) is 0 Å². The fourth-order valence-corrected chi connectivity index (χ4v) is 4.89. The van der Waals surface area contributed by atoms with Crippen molar-refractivity contribution in [3.63, 3.8) is 0 Å². The molecule has 15 heteroatoms.